The first-order chi connectivity index (χ1) is 8.84. The summed E-state index contributed by atoms with van der Waals surface area (Å²) in [5.41, 5.74) is 0.778. The number of rotatable bonds is 4. The minimum absolute atomic E-state index is 0.184. The predicted octanol–water partition coefficient (Wildman–Crippen LogP) is 1.96. The smallest absolute Gasteiger partial charge is 0.319 e. The van der Waals surface area contributed by atoms with Crippen LogP contribution in [0.25, 0.3) is 0 Å². The Balaban J connectivity index is 1.62. The molecule has 5 heteroatoms. The van der Waals surface area contributed by atoms with Crippen LogP contribution in [0, 0.1) is 0 Å². The largest absolute Gasteiger partial charge is 0.353 e. The molecule has 2 rings (SSSR count). The molecule has 1 aliphatic heterocycles. The lowest BCUT2D eigenvalue weighted by molar-refractivity contribution is -0.180. The van der Waals surface area contributed by atoms with Crippen LogP contribution < -0.4 is 10.6 Å². The summed E-state index contributed by atoms with van der Waals surface area (Å²) >= 11 is 0. The molecule has 1 saturated heterocycles. The van der Waals surface area contributed by atoms with Gasteiger partial charge < -0.3 is 20.1 Å². The van der Waals surface area contributed by atoms with E-state index in [4.69, 9.17) is 9.47 Å². The second-order valence-corrected chi connectivity index (χ2v) is 4.06. The van der Waals surface area contributed by atoms with Crippen molar-refractivity contribution < 1.29 is 14.3 Å². The molecule has 0 aliphatic carbocycles. The molecule has 1 aliphatic rings. The topological polar surface area (TPSA) is 59.6 Å². The van der Waals surface area contributed by atoms with Crippen molar-refractivity contribution in [2.45, 2.75) is 19.1 Å². The molecule has 1 heterocycles. The Bertz CT molecular complexity index is 364. The lowest BCUT2D eigenvalue weighted by Gasteiger charge is -2.23. The first-order valence-electron chi connectivity index (χ1n) is 6.18. The summed E-state index contributed by atoms with van der Waals surface area (Å²) in [6.45, 7) is 2.01. The summed E-state index contributed by atoms with van der Waals surface area (Å²) in [6, 6.07) is 9.12. The Morgan fingerprint density at radius 1 is 1.22 bits per heavy atom. The number of carbonyl (C=O) groups is 1. The summed E-state index contributed by atoms with van der Waals surface area (Å²) < 4.78 is 10.8. The van der Waals surface area contributed by atoms with Gasteiger partial charge in [-0.1, -0.05) is 18.2 Å². The number of hydrogen-bond acceptors (Lipinski definition) is 3. The first-order valence-corrected chi connectivity index (χ1v) is 6.18. The van der Waals surface area contributed by atoms with Crippen LogP contribution in [0.15, 0.2) is 30.3 Å². The highest BCUT2D eigenvalue weighted by atomic mass is 16.7. The van der Waals surface area contributed by atoms with Gasteiger partial charge in [-0.25, -0.2) is 4.79 Å². The van der Waals surface area contributed by atoms with Crippen molar-refractivity contribution in [2.75, 3.05) is 25.1 Å². The Kier molecular flexibility index (Phi) is 4.99. The van der Waals surface area contributed by atoms with Gasteiger partial charge in [0, 0.05) is 18.7 Å². The Hall–Kier alpha value is -1.59. The van der Waals surface area contributed by atoms with Crippen LogP contribution in [0.5, 0.6) is 0 Å². The summed E-state index contributed by atoms with van der Waals surface area (Å²) in [4.78, 5) is 11.6. The maximum Gasteiger partial charge on any atom is 0.319 e. The van der Waals surface area contributed by atoms with Gasteiger partial charge in [0.15, 0.2) is 6.29 Å². The van der Waals surface area contributed by atoms with Crippen molar-refractivity contribution in [3.63, 3.8) is 0 Å². The molecule has 1 fully saturated rings. The zero-order chi connectivity index (χ0) is 12.6. The molecule has 0 bridgehead atoms. The van der Waals surface area contributed by atoms with Gasteiger partial charge in [0.1, 0.15) is 0 Å². The van der Waals surface area contributed by atoms with E-state index in [0.717, 1.165) is 25.3 Å². The van der Waals surface area contributed by atoms with E-state index in [1.807, 2.05) is 30.3 Å². The predicted molar refractivity (Wildman–Crippen MR) is 68.4 cm³/mol. The molecule has 0 unspecified atom stereocenters. The van der Waals surface area contributed by atoms with Crippen LogP contribution in [0.2, 0.25) is 0 Å². The monoisotopic (exact) mass is 250 g/mol. The lowest BCUT2D eigenvalue weighted by Crippen LogP contribution is -2.33. The van der Waals surface area contributed by atoms with E-state index in [1.165, 1.54) is 0 Å². The SMILES string of the molecule is O=C(NCCC1OCCCO1)Nc1ccccc1. The highest BCUT2D eigenvalue weighted by molar-refractivity contribution is 5.89. The molecule has 98 valence electrons. The van der Waals surface area contributed by atoms with E-state index in [2.05, 4.69) is 10.6 Å². The fourth-order valence-electron chi connectivity index (χ4n) is 1.70. The second-order valence-electron chi connectivity index (χ2n) is 4.06. The molecule has 0 aromatic heterocycles. The standard InChI is InChI=1S/C13H18N2O3/c16-13(15-11-5-2-1-3-6-11)14-8-7-12-17-9-4-10-18-12/h1-3,5-6,12H,4,7-10H2,(H2,14,15,16). The van der Waals surface area contributed by atoms with Crippen molar-refractivity contribution >= 4 is 11.7 Å². The van der Waals surface area contributed by atoms with Crippen LogP contribution in [0.1, 0.15) is 12.8 Å². The van der Waals surface area contributed by atoms with Crippen LogP contribution in [-0.4, -0.2) is 32.1 Å². The van der Waals surface area contributed by atoms with Gasteiger partial charge in [-0.15, -0.1) is 0 Å². The van der Waals surface area contributed by atoms with Gasteiger partial charge in [0.05, 0.1) is 13.2 Å². The van der Waals surface area contributed by atoms with Gasteiger partial charge >= 0.3 is 6.03 Å². The van der Waals surface area contributed by atoms with E-state index < -0.39 is 0 Å². The first kappa shape index (κ1) is 12.9. The molecular weight excluding hydrogens is 232 g/mol. The zero-order valence-corrected chi connectivity index (χ0v) is 10.2. The van der Waals surface area contributed by atoms with Gasteiger partial charge in [-0.3, -0.25) is 0 Å². The minimum Gasteiger partial charge on any atom is -0.353 e. The fraction of sp³-hybridized carbons (Fsp3) is 0.462. The van der Waals surface area contributed by atoms with Gasteiger partial charge in [-0.2, -0.15) is 0 Å². The molecule has 18 heavy (non-hydrogen) atoms. The molecule has 0 radical (unpaired) electrons. The fourth-order valence-corrected chi connectivity index (χ4v) is 1.70. The zero-order valence-electron chi connectivity index (χ0n) is 10.2. The third-order valence-electron chi connectivity index (χ3n) is 2.59. The molecule has 0 atom stereocenters. The van der Waals surface area contributed by atoms with E-state index in [0.29, 0.717) is 13.0 Å². The maximum absolute atomic E-state index is 11.6. The molecule has 0 spiro atoms. The second kappa shape index (κ2) is 6.98. The molecule has 1 aromatic carbocycles. The molecule has 0 saturated carbocycles. The highest BCUT2D eigenvalue weighted by Crippen LogP contribution is 2.08. The van der Waals surface area contributed by atoms with Crippen LogP contribution >= 0.6 is 0 Å². The van der Waals surface area contributed by atoms with Crippen molar-refractivity contribution in [1.29, 1.82) is 0 Å². The normalized spacial score (nSPS) is 16.2. The molecule has 5 nitrogen and oxygen atoms in total. The number of hydrogen-bond donors (Lipinski definition) is 2. The van der Waals surface area contributed by atoms with E-state index in [1.54, 1.807) is 0 Å². The van der Waals surface area contributed by atoms with Crippen molar-refractivity contribution in [3.05, 3.63) is 30.3 Å². The number of carbonyl (C=O) groups excluding carboxylic acids is 1. The summed E-state index contributed by atoms with van der Waals surface area (Å²) in [5.74, 6) is 0. The Labute approximate surface area is 106 Å². The summed E-state index contributed by atoms with van der Waals surface area (Å²) in [5, 5.41) is 5.52. The summed E-state index contributed by atoms with van der Waals surface area (Å²) in [7, 11) is 0. The summed E-state index contributed by atoms with van der Waals surface area (Å²) in [6.07, 6.45) is 1.43. The Morgan fingerprint density at radius 2 is 1.94 bits per heavy atom. The molecule has 1 aromatic rings. The molecular formula is C13H18N2O3. The van der Waals surface area contributed by atoms with Crippen molar-refractivity contribution in [1.82, 2.24) is 5.32 Å². The van der Waals surface area contributed by atoms with Crippen molar-refractivity contribution in [2.24, 2.45) is 0 Å². The Morgan fingerprint density at radius 3 is 2.67 bits per heavy atom. The minimum atomic E-state index is -0.211. The van der Waals surface area contributed by atoms with E-state index in [-0.39, 0.29) is 12.3 Å². The van der Waals surface area contributed by atoms with E-state index in [9.17, 15) is 4.79 Å². The van der Waals surface area contributed by atoms with Gasteiger partial charge in [0.2, 0.25) is 0 Å². The average Bonchev–Trinajstić information content (AvgIpc) is 2.41. The van der Waals surface area contributed by atoms with Crippen molar-refractivity contribution in [3.8, 4) is 0 Å². The van der Waals surface area contributed by atoms with E-state index >= 15 is 0 Å². The van der Waals surface area contributed by atoms with Crippen LogP contribution in [0.4, 0.5) is 10.5 Å². The lowest BCUT2D eigenvalue weighted by atomic mass is 10.3. The number of anilines is 1. The van der Waals surface area contributed by atoms with Gasteiger partial charge in [0.25, 0.3) is 0 Å². The number of nitrogens with one attached hydrogen (secondary N) is 2. The number of urea groups is 1. The number of ether oxygens (including phenoxy) is 2. The highest BCUT2D eigenvalue weighted by Gasteiger charge is 2.13. The van der Waals surface area contributed by atoms with Crippen LogP contribution in [0.3, 0.4) is 0 Å². The third kappa shape index (κ3) is 4.35. The maximum atomic E-state index is 11.6. The van der Waals surface area contributed by atoms with Gasteiger partial charge in [-0.05, 0) is 18.6 Å². The average molecular weight is 250 g/mol. The van der Waals surface area contributed by atoms with Crippen LogP contribution in [-0.2, 0) is 9.47 Å². The number of amides is 2. The molecule has 2 N–H and O–H groups in total. The molecule has 2 amide bonds. The third-order valence-corrected chi connectivity index (χ3v) is 2.59. The number of para-hydroxylation sites is 1. The quantitative estimate of drug-likeness (QED) is 0.858. The number of benzene rings is 1.